The number of hydrogen-bond donors (Lipinski definition) is 0. The van der Waals surface area contributed by atoms with Crippen LogP contribution in [0.25, 0.3) is 0 Å². The second-order valence-electron chi connectivity index (χ2n) is 6.09. The average molecular weight is 362 g/mol. The summed E-state index contributed by atoms with van der Waals surface area (Å²) in [5, 5.41) is 3.16. The summed E-state index contributed by atoms with van der Waals surface area (Å²) in [6.45, 7) is 0.218. The summed E-state index contributed by atoms with van der Waals surface area (Å²) in [6.07, 6.45) is 9.58. The van der Waals surface area contributed by atoms with E-state index in [-0.39, 0.29) is 6.61 Å². The van der Waals surface area contributed by atoms with E-state index in [9.17, 15) is 0 Å². The van der Waals surface area contributed by atoms with Crippen LogP contribution in [0, 0.1) is 23.5 Å². The summed E-state index contributed by atoms with van der Waals surface area (Å²) in [6, 6.07) is 14.3. The quantitative estimate of drug-likeness (QED) is 0.550. The SMILES string of the molecule is C#CCOC(C#CSc1ccccc1)c1ccc2c(c1OC)CCCC2. The second kappa shape index (κ2) is 9.39. The number of terminal acetylenes is 1. The Balaban J connectivity index is 1.89. The van der Waals surface area contributed by atoms with Gasteiger partial charge in [-0.1, -0.05) is 42.2 Å². The van der Waals surface area contributed by atoms with Gasteiger partial charge >= 0.3 is 0 Å². The van der Waals surface area contributed by atoms with E-state index in [1.165, 1.54) is 35.7 Å². The summed E-state index contributed by atoms with van der Waals surface area (Å²) in [4.78, 5) is 1.10. The normalized spacial score (nSPS) is 13.7. The highest BCUT2D eigenvalue weighted by molar-refractivity contribution is 8.03. The fraction of sp³-hybridized carbons (Fsp3) is 0.304. The first kappa shape index (κ1) is 18.5. The highest BCUT2D eigenvalue weighted by Gasteiger charge is 2.21. The Morgan fingerprint density at radius 1 is 1.12 bits per heavy atom. The van der Waals surface area contributed by atoms with Crippen LogP contribution in [0.3, 0.4) is 0 Å². The van der Waals surface area contributed by atoms with Crippen molar-refractivity contribution in [3.8, 4) is 29.3 Å². The fourth-order valence-electron chi connectivity index (χ4n) is 3.23. The molecule has 0 saturated heterocycles. The molecule has 1 atom stereocenters. The van der Waals surface area contributed by atoms with Crippen LogP contribution >= 0.6 is 11.8 Å². The number of thioether (sulfide) groups is 1. The fourth-order valence-corrected chi connectivity index (χ4v) is 3.81. The maximum Gasteiger partial charge on any atom is 0.149 e. The minimum Gasteiger partial charge on any atom is -0.496 e. The first-order valence-corrected chi connectivity index (χ1v) is 9.61. The molecule has 0 fully saturated rings. The molecule has 0 spiro atoms. The Morgan fingerprint density at radius 2 is 1.92 bits per heavy atom. The Labute approximate surface area is 160 Å². The first-order valence-electron chi connectivity index (χ1n) is 8.79. The smallest absolute Gasteiger partial charge is 0.149 e. The molecule has 1 unspecified atom stereocenters. The molecule has 0 heterocycles. The van der Waals surface area contributed by atoms with Crippen LogP contribution in [0.4, 0.5) is 0 Å². The largest absolute Gasteiger partial charge is 0.496 e. The summed E-state index contributed by atoms with van der Waals surface area (Å²) in [5.41, 5.74) is 3.63. The lowest BCUT2D eigenvalue weighted by molar-refractivity contribution is 0.119. The standard InChI is InChI=1S/C23H22O2S/c1-3-16-25-22(15-17-26-19-10-5-4-6-11-19)21-14-13-18-9-7-8-12-20(18)23(21)24-2/h1,4-6,10-11,13-14,22H,7-9,12,16H2,2H3. The van der Waals surface area contributed by atoms with Gasteiger partial charge in [0.25, 0.3) is 0 Å². The zero-order chi connectivity index (χ0) is 18.2. The van der Waals surface area contributed by atoms with Gasteiger partial charge in [-0.2, -0.15) is 0 Å². The van der Waals surface area contributed by atoms with Crippen LogP contribution in [-0.4, -0.2) is 13.7 Å². The van der Waals surface area contributed by atoms with Gasteiger partial charge in [0, 0.05) is 10.5 Å². The van der Waals surface area contributed by atoms with Gasteiger partial charge in [-0.15, -0.1) is 6.42 Å². The van der Waals surface area contributed by atoms with Crippen LogP contribution in [0.1, 0.15) is 35.6 Å². The molecule has 26 heavy (non-hydrogen) atoms. The van der Waals surface area contributed by atoms with Crippen LogP contribution in [0.2, 0.25) is 0 Å². The average Bonchev–Trinajstić information content (AvgIpc) is 2.70. The zero-order valence-corrected chi connectivity index (χ0v) is 15.8. The van der Waals surface area contributed by atoms with Crippen molar-refractivity contribution in [2.75, 3.05) is 13.7 Å². The molecule has 0 N–H and O–H groups in total. The Bertz CT molecular complexity index is 840. The van der Waals surface area contributed by atoms with Crippen molar-refractivity contribution in [3.05, 3.63) is 59.2 Å². The van der Waals surface area contributed by atoms with Crippen LogP contribution in [-0.2, 0) is 17.6 Å². The van der Waals surface area contributed by atoms with Gasteiger partial charge in [-0.3, -0.25) is 0 Å². The number of fused-ring (bicyclic) bond motifs is 1. The molecule has 0 amide bonds. The number of hydrogen-bond acceptors (Lipinski definition) is 3. The molecule has 1 aliphatic rings. The van der Waals surface area contributed by atoms with Crippen molar-refractivity contribution in [3.63, 3.8) is 0 Å². The van der Waals surface area contributed by atoms with E-state index in [0.29, 0.717) is 0 Å². The molecule has 2 aromatic carbocycles. The van der Waals surface area contributed by atoms with Crippen molar-refractivity contribution in [1.82, 2.24) is 0 Å². The molecule has 132 valence electrons. The molecule has 0 radical (unpaired) electrons. The molecular formula is C23H22O2S. The second-order valence-corrected chi connectivity index (χ2v) is 6.97. The molecule has 3 rings (SSSR count). The molecule has 0 bridgehead atoms. The number of methoxy groups -OCH3 is 1. The summed E-state index contributed by atoms with van der Waals surface area (Å²) >= 11 is 1.49. The van der Waals surface area contributed by atoms with Crippen LogP contribution in [0.15, 0.2) is 47.4 Å². The first-order chi connectivity index (χ1) is 12.8. The molecule has 2 nitrogen and oxygen atoms in total. The lowest BCUT2D eigenvalue weighted by Gasteiger charge is -2.23. The molecule has 0 aliphatic heterocycles. The molecule has 2 aromatic rings. The third-order valence-electron chi connectivity index (χ3n) is 4.43. The highest BCUT2D eigenvalue weighted by atomic mass is 32.2. The monoisotopic (exact) mass is 362 g/mol. The van der Waals surface area contributed by atoms with E-state index < -0.39 is 6.10 Å². The molecular weight excluding hydrogens is 340 g/mol. The topological polar surface area (TPSA) is 18.5 Å². The number of aryl methyl sites for hydroxylation is 1. The molecule has 0 saturated carbocycles. The minimum atomic E-state index is -0.399. The van der Waals surface area contributed by atoms with Gasteiger partial charge in [0.05, 0.1) is 7.11 Å². The maximum absolute atomic E-state index is 5.85. The van der Waals surface area contributed by atoms with Crippen LogP contribution in [0.5, 0.6) is 5.75 Å². The van der Waals surface area contributed by atoms with Gasteiger partial charge in [0.15, 0.2) is 0 Å². The van der Waals surface area contributed by atoms with E-state index in [1.807, 2.05) is 30.3 Å². The van der Waals surface area contributed by atoms with Crippen molar-refractivity contribution in [2.24, 2.45) is 0 Å². The minimum absolute atomic E-state index is 0.218. The van der Waals surface area contributed by atoms with Crippen molar-refractivity contribution in [1.29, 1.82) is 0 Å². The van der Waals surface area contributed by atoms with Gasteiger partial charge in [-0.25, -0.2) is 0 Å². The van der Waals surface area contributed by atoms with Crippen molar-refractivity contribution in [2.45, 2.75) is 36.7 Å². The van der Waals surface area contributed by atoms with E-state index in [0.717, 1.165) is 29.1 Å². The molecule has 3 heteroatoms. The molecule has 1 aliphatic carbocycles. The number of benzene rings is 2. The van der Waals surface area contributed by atoms with Gasteiger partial charge in [0.2, 0.25) is 0 Å². The van der Waals surface area contributed by atoms with Crippen LogP contribution < -0.4 is 4.74 Å². The summed E-state index contributed by atoms with van der Waals surface area (Å²) < 4.78 is 11.6. The third-order valence-corrected chi connectivity index (χ3v) is 5.16. The lowest BCUT2D eigenvalue weighted by Crippen LogP contribution is -2.10. The van der Waals surface area contributed by atoms with Gasteiger partial charge in [-0.05, 0) is 66.0 Å². The van der Waals surface area contributed by atoms with Gasteiger partial charge in [0.1, 0.15) is 18.5 Å². The van der Waals surface area contributed by atoms with Crippen molar-refractivity contribution < 1.29 is 9.47 Å². The van der Waals surface area contributed by atoms with Crippen molar-refractivity contribution >= 4 is 11.8 Å². The van der Waals surface area contributed by atoms with E-state index in [1.54, 1.807) is 7.11 Å². The van der Waals surface area contributed by atoms with E-state index in [4.69, 9.17) is 15.9 Å². The molecule has 0 aromatic heterocycles. The van der Waals surface area contributed by atoms with Gasteiger partial charge < -0.3 is 9.47 Å². The highest BCUT2D eigenvalue weighted by Crippen LogP contribution is 2.37. The zero-order valence-electron chi connectivity index (χ0n) is 15.0. The summed E-state index contributed by atoms with van der Waals surface area (Å²) in [5.74, 6) is 6.66. The number of ether oxygens (including phenoxy) is 2. The Hall–Kier alpha value is -2.33. The Kier molecular flexibility index (Phi) is 6.67. The lowest BCUT2D eigenvalue weighted by atomic mass is 9.88. The predicted molar refractivity (Wildman–Crippen MR) is 107 cm³/mol. The maximum atomic E-state index is 5.85. The predicted octanol–water partition coefficient (Wildman–Crippen LogP) is 5.02. The third kappa shape index (κ3) is 4.44. The Morgan fingerprint density at radius 3 is 2.69 bits per heavy atom. The van der Waals surface area contributed by atoms with E-state index in [2.05, 4.69) is 29.2 Å². The summed E-state index contributed by atoms with van der Waals surface area (Å²) in [7, 11) is 1.72. The number of rotatable bonds is 5. The van der Waals surface area contributed by atoms with E-state index >= 15 is 0 Å².